The molecule has 0 saturated carbocycles. The summed E-state index contributed by atoms with van der Waals surface area (Å²) in [4.78, 5) is 26.8. The molecule has 1 heterocycles. The number of carbonyl (C=O) groups excluding carboxylic acids is 1. The van der Waals surface area contributed by atoms with E-state index < -0.39 is 5.82 Å². The predicted molar refractivity (Wildman–Crippen MR) is 101 cm³/mol. The van der Waals surface area contributed by atoms with Crippen molar-refractivity contribution >= 4 is 16.9 Å². The van der Waals surface area contributed by atoms with E-state index in [-0.39, 0.29) is 30.4 Å². The quantitative estimate of drug-likeness (QED) is 0.669. The Morgan fingerprint density at radius 3 is 2.41 bits per heavy atom. The Morgan fingerprint density at radius 2 is 1.81 bits per heavy atom. The fourth-order valence-electron chi connectivity index (χ4n) is 3.16. The molecule has 1 aromatic heterocycles. The lowest BCUT2D eigenvalue weighted by atomic mass is 10.2. The highest BCUT2D eigenvalue weighted by Crippen LogP contribution is 2.19. The molecule has 0 aliphatic heterocycles. The smallest absolute Gasteiger partial charge is 0.329 e. The summed E-state index contributed by atoms with van der Waals surface area (Å²) in [5.41, 5.74) is 1.96. The van der Waals surface area contributed by atoms with Gasteiger partial charge in [-0.15, -0.1) is 0 Å². The zero-order valence-corrected chi connectivity index (χ0v) is 15.6. The van der Waals surface area contributed by atoms with Gasteiger partial charge in [0.1, 0.15) is 6.54 Å². The lowest BCUT2D eigenvalue weighted by molar-refractivity contribution is -0.131. The normalized spacial score (nSPS) is 11.0. The van der Waals surface area contributed by atoms with Gasteiger partial charge in [-0.3, -0.25) is 13.9 Å². The number of methoxy groups -OCH3 is 1. The summed E-state index contributed by atoms with van der Waals surface area (Å²) >= 11 is 0. The molecule has 0 aliphatic rings. The number of imidazole rings is 1. The molecule has 2 aromatic carbocycles. The molecule has 142 valence electrons. The molecule has 0 bridgehead atoms. The monoisotopic (exact) mass is 371 g/mol. The summed E-state index contributed by atoms with van der Waals surface area (Å²) in [6.45, 7) is 2.59. The van der Waals surface area contributed by atoms with Gasteiger partial charge in [0.15, 0.2) is 11.6 Å². The molecule has 1 amide bonds. The van der Waals surface area contributed by atoms with Crippen LogP contribution < -0.4 is 10.4 Å². The molecule has 3 aromatic rings. The van der Waals surface area contributed by atoms with Crippen molar-refractivity contribution in [3.05, 3.63) is 64.3 Å². The van der Waals surface area contributed by atoms with Gasteiger partial charge < -0.3 is 9.64 Å². The first-order valence-electron chi connectivity index (χ1n) is 8.70. The second-order valence-corrected chi connectivity index (χ2v) is 6.32. The maximum atomic E-state index is 13.8. The summed E-state index contributed by atoms with van der Waals surface area (Å²) in [5.74, 6) is -0.544. The van der Waals surface area contributed by atoms with Crippen molar-refractivity contribution in [2.24, 2.45) is 0 Å². The molecule has 0 N–H and O–H groups in total. The average molecular weight is 371 g/mol. The Morgan fingerprint density at radius 1 is 1.15 bits per heavy atom. The van der Waals surface area contributed by atoms with E-state index in [1.807, 2.05) is 31.2 Å². The molecule has 0 saturated heterocycles. The van der Waals surface area contributed by atoms with E-state index >= 15 is 0 Å². The predicted octanol–water partition coefficient (Wildman–Crippen LogP) is 2.63. The second kappa shape index (κ2) is 7.65. The third kappa shape index (κ3) is 3.58. The van der Waals surface area contributed by atoms with Crippen LogP contribution in [0.4, 0.5) is 4.39 Å². The van der Waals surface area contributed by atoms with Gasteiger partial charge in [-0.25, -0.2) is 9.18 Å². The Kier molecular flexibility index (Phi) is 5.30. The Hall–Kier alpha value is -3.09. The number of aromatic nitrogens is 2. The molecule has 7 heteroatoms. The zero-order valence-electron chi connectivity index (χ0n) is 15.6. The van der Waals surface area contributed by atoms with Gasteiger partial charge in [0.25, 0.3) is 0 Å². The fourth-order valence-corrected chi connectivity index (χ4v) is 3.16. The molecule has 0 spiro atoms. The van der Waals surface area contributed by atoms with Gasteiger partial charge >= 0.3 is 5.69 Å². The van der Waals surface area contributed by atoms with Gasteiger partial charge in [-0.2, -0.15) is 0 Å². The lowest BCUT2D eigenvalue weighted by Gasteiger charge is -2.18. The highest BCUT2D eigenvalue weighted by molar-refractivity contribution is 5.80. The number of carbonyl (C=O) groups is 1. The minimum atomic E-state index is -0.474. The largest absolute Gasteiger partial charge is 0.494 e. The third-order valence-electron chi connectivity index (χ3n) is 4.60. The van der Waals surface area contributed by atoms with Gasteiger partial charge in [-0.05, 0) is 36.8 Å². The molecule has 0 unspecified atom stereocenters. The van der Waals surface area contributed by atoms with Gasteiger partial charge in [-0.1, -0.05) is 18.2 Å². The first kappa shape index (κ1) is 18.7. The standard InChI is InChI=1S/C20H22FN3O3/c1-4-23-16-7-5-6-8-17(16)24(20(23)26)13-19(25)22(2)12-14-9-10-18(27-3)15(21)11-14/h5-11H,4,12-13H2,1-3H3. The number of fused-ring (bicyclic) bond motifs is 1. The molecular weight excluding hydrogens is 349 g/mol. The molecule has 27 heavy (non-hydrogen) atoms. The van der Waals surface area contributed by atoms with Crippen LogP contribution in [0.15, 0.2) is 47.3 Å². The number of rotatable bonds is 6. The van der Waals surface area contributed by atoms with Crippen LogP contribution in [0.5, 0.6) is 5.75 Å². The van der Waals surface area contributed by atoms with Crippen molar-refractivity contribution in [2.45, 2.75) is 26.6 Å². The number of hydrogen-bond acceptors (Lipinski definition) is 3. The highest BCUT2D eigenvalue weighted by Gasteiger charge is 2.17. The Balaban J connectivity index is 1.81. The Labute approximate surface area is 156 Å². The van der Waals surface area contributed by atoms with E-state index in [1.54, 1.807) is 17.7 Å². The summed E-state index contributed by atoms with van der Waals surface area (Å²) in [6, 6.07) is 12.0. The molecule has 0 fully saturated rings. The van der Waals surface area contributed by atoms with E-state index in [2.05, 4.69) is 0 Å². The van der Waals surface area contributed by atoms with Crippen LogP contribution in [0, 0.1) is 5.82 Å². The van der Waals surface area contributed by atoms with Gasteiger partial charge in [0.2, 0.25) is 5.91 Å². The number of ether oxygens (including phenoxy) is 1. The number of halogens is 1. The lowest BCUT2D eigenvalue weighted by Crippen LogP contribution is -2.34. The van der Waals surface area contributed by atoms with E-state index in [0.717, 1.165) is 11.0 Å². The first-order chi connectivity index (χ1) is 13.0. The summed E-state index contributed by atoms with van der Waals surface area (Å²) in [7, 11) is 3.03. The number of nitrogens with zero attached hydrogens (tertiary/aromatic N) is 3. The molecule has 0 aliphatic carbocycles. The van der Waals surface area contributed by atoms with E-state index in [9.17, 15) is 14.0 Å². The summed E-state index contributed by atoms with van der Waals surface area (Å²) in [6.07, 6.45) is 0. The van der Waals surface area contributed by atoms with Crippen LogP contribution in [0.25, 0.3) is 11.0 Å². The zero-order chi connectivity index (χ0) is 19.6. The van der Waals surface area contributed by atoms with Crippen LogP contribution in [-0.2, 0) is 24.4 Å². The number of likely N-dealkylation sites (N-methyl/N-ethyl adjacent to an activating group) is 1. The number of hydrogen-bond donors (Lipinski definition) is 0. The van der Waals surface area contributed by atoms with Gasteiger partial charge in [0.05, 0.1) is 18.1 Å². The molecule has 3 rings (SSSR count). The van der Waals surface area contributed by atoms with Crippen molar-refractivity contribution in [3.63, 3.8) is 0 Å². The van der Waals surface area contributed by atoms with Crippen molar-refractivity contribution in [1.82, 2.24) is 14.0 Å². The summed E-state index contributed by atoms with van der Waals surface area (Å²) < 4.78 is 21.9. The highest BCUT2D eigenvalue weighted by atomic mass is 19.1. The van der Waals surface area contributed by atoms with Crippen molar-refractivity contribution in [1.29, 1.82) is 0 Å². The van der Waals surface area contributed by atoms with Crippen molar-refractivity contribution in [3.8, 4) is 5.75 Å². The minimum absolute atomic E-state index is 0.0680. The third-order valence-corrected chi connectivity index (χ3v) is 4.60. The van der Waals surface area contributed by atoms with E-state index in [1.165, 1.54) is 28.7 Å². The SMILES string of the molecule is CCn1c(=O)n(CC(=O)N(C)Cc2ccc(OC)c(F)c2)c2ccccc21. The average Bonchev–Trinajstić information content (AvgIpc) is 2.93. The number of para-hydroxylation sites is 2. The maximum Gasteiger partial charge on any atom is 0.329 e. The summed E-state index contributed by atoms with van der Waals surface area (Å²) in [5, 5.41) is 0. The van der Waals surface area contributed by atoms with E-state index in [0.29, 0.717) is 12.1 Å². The first-order valence-corrected chi connectivity index (χ1v) is 8.70. The number of aryl methyl sites for hydroxylation is 1. The van der Waals surface area contributed by atoms with Gasteiger partial charge in [0, 0.05) is 20.1 Å². The topological polar surface area (TPSA) is 56.5 Å². The minimum Gasteiger partial charge on any atom is -0.494 e. The van der Waals surface area contributed by atoms with Crippen LogP contribution in [-0.4, -0.2) is 34.1 Å². The maximum absolute atomic E-state index is 13.8. The van der Waals surface area contributed by atoms with Crippen LogP contribution in [0.1, 0.15) is 12.5 Å². The van der Waals surface area contributed by atoms with Crippen LogP contribution in [0.2, 0.25) is 0 Å². The molecule has 0 radical (unpaired) electrons. The molecule has 6 nitrogen and oxygen atoms in total. The van der Waals surface area contributed by atoms with E-state index in [4.69, 9.17) is 4.74 Å². The van der Waals surface area contributed by atoms with Crippen molar-refractivity contribution in [2.75, 3.05) is 14.2 Å². The second-order valence-electron chi connectivity index (χ2n) is 6.32. The van der Waals surface area contributed by atoms with Crippen LogP contribution >= 0.6 is 0 Å². The number of benzene rings is 2. The van der Waals surface area contributed by atoms with Crippen molar-refractivity contribution < 1.29 is 13.9 Å². The fraction of sp³-hybridized carbons (Fsp3) is 0.300. The molecule has 0 atom stereocenters. The molecular formula is C20H22FN3O3. The van der Waals surface area contributed by atoms with Crippen LogP contribution in [0.3, 0.4) is 0 Å². The number of amides is 1. The Bertz CT molecular complexity index is 1040.